The highest BCUT2D eigenvalue weighted by Crippen LogP contribution is 2.27. The molecule has 0 radical (unpaired) electrons. The Bertz CT molecular complexity index is 1420. The highest BCUT2D eigenvalue weighted by atomic mass is 15.1. The van der Waals surface area contributed by atoms with E-state index in [0.29, 0.717) is 0 Å². The first-order valence-electron chi connectivity index (χ1n) is 11.1. The van der Waals surface area contributed by atoms with Crippen LogP contribution in [0, 0.1) is 11.3 Å². The van der Waals surface area contributed by atoms with E-state index in [-0.39, 0.29) is 6.54 Å². The number of rotatable bonds is 7. The fourth-order valence-corrected chi connectivity index (χ4v) is 4.32. The van der Waals surface area contributed by atoms with E-state index in [0.717, 1.165) is 65.1 Å². The van der Waals surface area contributed by atoms with Crippen LogP contribution < -0.4 is 0 Å². The third-order valence-electron chi connectivity index (χ3n) is 5.90. The second-order valence-corrected chi connectivity index (χ2v) is 8.08. The molecule has 3 aromatic carbocycles. The number of para-hydroxylation sites is 2. The molecule has 5 rings (SSSR count). The summed E-state index contributed by atoms with van der Waals surface area (Å²) >= 11 is 0. The molecule has 32 heavy (non-hydrogen) atoms. The zero-order valence-corrected chi connectivity index (χ0v) is 18.2. The quantitative estimate of drug-likeness (QED) is 0.327. The fourth-order valence-electron chi connectivity index (χ4n) is 4.32. The summed E-state index contributed by atoms with van der Waals surface area (Å²) in [5.41, 5.74) is 6.29. The van der Waals surface area contributed by atoms with Crippen molar-refractivity contribution in [1.82, 2.24) is 19.1 Å². The fraction of sp³-hybridized carbons (Fsp3) is 0.222. The number of fused-ring (bicyclic) bond motifs is 2. The van der Waals surface area contributed by atoms with Crippen molar-refractivity contribution in [2.24, 2.45) is 0 Å². The molecule has 0 aliphatic heterocycles. The predicted octanol–water partition coefficient (Wildman–Crippen LogP) is 5.97. The lowest BCUT2D eigenvalue weighted by Crippen LogP contribution is -2.06. The summed E-state index contributed by atoms with van der Waals surface area (Å²) in [6.45, 7) is 3.22. The van der Waals surface area contributed by atoms with Crippen molar-refractivity contribution in [3.05, 3.63) is 84.2 Å². The maximum absolute atomic E-state index is 9.47. The minimum Gasteiger partial charge on any atom is -0.323 e. The van der Waals surface area contributed by atoms with E-state index < -0.39 is 0 Å². The van der Waals surface area contributed by atoms with Crippen LogP contribution in [0.1, 0.15) is 31.2 Å². The highest BCUT2D eigenvalue weighted by molar-refractivity contribution is 5.82. The topological polar surface area (TPSA) is 59.4 Å². The summed E-state index contributed by atoms with van der Waals surface area (Å²) in [4.78, 5) is 9.74. The van der Waals surface area contributed by atoms with Crippen molar-refractivity contribution in [2.45, 2.75) is 39.3 Å². The number of benzene rings is 3. The van der Waals surface area contributed by atoms with Gasteiger partial charge in [0.05, 0.1) is 28.1 Å². The second-order valence-electron chi connectivity index (χ2n) is 8.08. The third kappa shape index (κ3) is 3.65. The van der Waals surface area contributed by atoms with Crippen LogP contribution in [0.4, 0.5) is 0 Å². The molecular weight excluding hydrogens is 394 g/mol. The van der Waals surface area contributed by atoms with Crippen molar-refractivity contribution < 1.29 is 0 Å². The Labute approximate surface area is 187 Å². The lowest BCUT2D eigenvalue weighted by atomic mass is 10.2. The van der Waals surface area contributed by atoms with Gasteiger partial charge >= 0.3 is 0 Å². The number of nitriles is 1. The molecule has 5 heteroatoms. The molecule has 5 aromatic rings. The molecule has 0 unspecified atom stereocenters. The van der Waals surface area contributed by atoms with Gasteiger partial charge in [-0.15, -0.1) is 0 Å². The van der Waals surface area contributed by atoms with E-state index in [9.17, 15) is 5.26 Å². The molecule has 0 aliphatic carbocycles. The molecule has 0 saturated heterocycles. The van der Waals surface area contributed by atoms with Crippen molar-refractivity contribution in [1.29, 1.82) is 5.26 Å². The largest absolute Gasteiger partial charge is 0.323 e. The lowest BCUT2D eigenvalue weighted by Gasteiger charge is -2.10. The molecule has 2 heterocycles. The van der Waals surface area contributed by atoms with E-state index in [2.05, 4.69) is 54.0 Å². The normalized spacial score (nSPS) is 11.2. The van der Waals surface area contributed by atoms with Crippen molar-refractivity contribution in [2.75, 3.05) is 0 Å². The van der Waals surface area contributed by atoms with Gasteiger partial charge in [-0.05, 0) is 36.2 Å². The van der Waals surface area contributed by atoms with Gasteiger partial charge in [0.15, 0.2) is 0 Å². The minimum absolute atomic E-state index is 0.264. The molecule has 0 N–H and O–H groups in total. The van der Waals surface area contributed by atoms with E-state index in [1.165, 1.54) is 5.56 Å². The molecule has 0 fully saturated rings. The van der Waals surface area contributed by atoms with Gasteiger partial charge in [0.25, 0.3) is 0 Å². The Morgan fingerprint density at radius 1 is 0.844 bits per heavy atom. The molecule has 0 aliphatic rings. The Kier molecular flexibility index (Phi) is 5.43. The Morgan fingerprint density at radius 3 is 2.44 bits per heavy atom. The average molecular weight is 420 g/mol. The number of imidazole rings is 2. The van der Waals surface area contributed by atoms with Gasteiger partial charge in [0.1, 0.15) is 18.2 Å². The van der Waals surface area contributed by atoms with Crippen LogP contribution in [0.15, 0.2) is 72.8 Å². The summed E-state index contributed by atoms with van der Waals surface area (Å²) in [7, 11) is 0. The van der Waals surface area contributed by atoms with Gasteiger partial charge < -0.3 is 9.13 Å². The van der Waals surface area contributed by atoms with Crippen LogP contribution in [-0.4, -0.2) is 19.1 Å². The Morgan fingerprint density at radius 2 is 1.62 bits per heavy atom. The first-order valence-corrected chi connectivity index (χ1v) is 11.1. The van der Waals surface area contributed by atoms with Crippen LogP contribution in [0.2, 0.25) is 0 Å². The van der Waals surface area contributed by atoms with E-state index in [1.807, 2.05) is 41.0 Å². The van der Waals surface area contributed by atoms with Gasteiger partial charge in [0.2, 0.25) is 0 Å². The molecule has 0 atom stereocenters. The number of nitrogens with zero attached hydrogens (tertiary/aromatic N) is 5. The number of aryl methyl sites for hydroxylation is 1. The smallest absolute Gasteiger partial charge is 0.142 e. The highest BCUT2D eigenvalue weighted by Gasteiger charge is 2.15. The molecule has 5 nitrogen and oxygen atoms in total. The minimum atomic E-state index is 0.264. The first-order chi connectivity index (χ1) is 15.8. The molecule has 0 saturated carbocycles. The van der Waals surface area contributed by atoms with Crippen LogP contribution in [0.5, 0.6) is 0 Å². The Hall–Kier alpha value is -3.91. The summed E-state index contributed by atoms with van der Waals surface area (Å²) in [6.07, 6.45) is 3.24. The zero-order valence-electron chi connectivity index (χ0n) is 18.2. The molecule has 0 amide bonds. The standard InChI is InChI=1S/C27H25N5/c1-2-3-13-26-29-22-11-7-8-12-24(22)32(26)19-20-14-15-23-25(18-20)31(17-16-28)27(30-23)21-9-5-4-6-10-21/h4-12,14-15,18H,2-3,13,17,19H2,1H3. The van der Waals surface area contributed by atoms with Gasteiger partial charge in [-0.2, -0.15) is 5.26 Å². The van der Waals surface area contributed by atoms with Crippen molar-refractivity contribution >= 4 is 22.1 Å². The monoisotopic (exact) mass is 419 g/mol. The SMILES string of the molecule is CCCCc1nc2ccccc2n1Cc1ccc2nc(-c3ccccc3)n(CC#N)c2c1. The number of hydrogen-bond donors (Lipinski definition) is 0. The number of aromatic nitrogens is 4. The third-order valence-corrected chi connectivity index (χ3v) is 5.90. The average Bonchev–Trinajstić information content (AvgIpc) is 3.37. The second kappa shape index (κ2) is 8.68. The van der Waals surface area contributed by atoms with Gasteiger partial charge in [-0.3, -0.25) is 0 Å². The summed E-state index contributed by atoms with van der Waals surface area (Å²) in [5.74, 6) is 1.96. The number of hydrogen-bond acceptors (Lipinski definition) is 3. The molecule has 0 bridgehead atoms. The first kappa shape index (κ1) is 20.0. The lowest BCUT2D eigenvalue weighted by molar-refractivity contribution is 0.690. The van der Waals surface area contributed by atoms with Gasteiger partial charge in [-0.1, -0.05) is 61.9 Å². The van der Waals surface area contributed by atoms with E-state index >= 15 is 0 Å². The van der Waals surface area contributed by atoms with E-state index in [4.69, 9.17) is 9.97 Å². The molecule has 0 spiro atoms. The van der Waals surface area contributed by atoms with Crippen molar-refractivity contribution in [3.63, 3.8) is 0 Å². The van der Waals surface area contributed by atoms with Crippen LogP contribution in [0.3, 0.4) is 0 Å². The summed E-state index contributed by atoms with van der Waals surface area (Å²) in [5, 5.41) is 9.47. The molecule has 2 aromatic heterocycles. The maximum atomic E-state index is 9.47. The van der Waals surface area contributed by atoms with Gasteiger partial charge in [-0.25, -0.2) is 9.97 Å². The predicted molar refractivity (Wildman–Crippen MR) is 128 cm³/mol. The number of unbranched alkanes of at least 4 members (excludes halogenated alkanes) is 1. The van der Waals surface area contributed by atoms with E-state index in [1.54, 1.807) is 0 Å². The Balaban J connectivity index is 1.59. The summed E-state index contributed by atoms with van der Waals surface area (Å²) in [6, 6.07) is 27.1. The molecule has 158 valence electrons. The van der Waals surface area contributed by atoms with Crippen molar-refractivity contribution in [3.8, 4) is 17.5 Å². The van der Waals surface area contributed by atoms with Crippen LogP contribution >= 0.6 is 0 Å². The van der Waals surface area contributed by atoms with Crippen LogP contribution in [-0.2, 0) is 19.5 Å². The zero-order chi connectivity index (χ0) is 21.9. The summed E-state index contributed by atoms with van der Waals surface area (Å²) < 4.78 is 4.34. The van der Waals surface area contributed by atoms with Gasteiger partial charge in [0, 0.05) is 18.5 Å². The molecular formula is C27H25N5. The maximum Gasteiger partial charge on any atom is 0.142 e. The van der Waals surface area contributed by atoms with Crippen LogP contribution in [0.25, 0.3) is 33.5 Å².